The van der Waals surface area contributed by atoms with E-state index in [1.165, 1.54) is 19.9 Å². The zero-order chi connectivity index (χ0) is 18.4. The number of hydrogen-bond acceptors (Lipinski definition) is 6. The molecule has 1 N–H and O–H groups in total. The maximum atomic E-state index is 11.3. The number of nitrogens with zero attached hydrogens (tertiary/aromatic N) is 1. The molecule has 0 saturated heterocycles. The van der Waals surface area contributed by atoms with Crippen LogP contribution in [-0.2, 0) is 14.3 Å². The highest BCUT2D eigenvalue weighted by atomic mass is 16.6. The van der Waals surface area contributed by atoms with E-state index in [-0.39, 0.29) is 24.4 Å². The smallest absolute Gasteiger partial charge is 0.303 e. The number of hydrogen-bond donors (Lipinski definition) is 1. The van der Waals surface area contributed by atoms with Gasteiger partial charge >= 0.3 is 5.97 Å². The van der Waals surface area contributed by atoms with Crippen LogP contribution in [0, 0.1) is 6.92 Å². The van der Waals surface area contributed by atoms with Gasteiger partial charge in [0, 0.05) is 25.0 Å². The summed E-state index contributed by atoms with van der Waals surface area (Å²) in [6, 6.07) is 8.52. The summed E-state index contributed by atoms with van der Waals surface area (Å²) >= 11 is 0. The zero-order valence-electron chi connectivity index (χ0n) is 14.4. The van der Waals surface area contributed by atoms with E-state index in [2.05, 4.69) is 10.2 Å². The van der Waals surface area contributed by atoms with E-state index in [0.717, 1.165) is 5.56 Å². The van der Waals surface area contributed by atoms with Crippen molar-refractivity contribution in [1.29, 1.82) is 0 Å². The summed E-state index contributed by atoms with van der Waals surface area (Å²) in [7, 11) is 0. The van der Waals surface area contributed by atoms with Crippen LogP contribution < -0.4 is 10.3 Å². The fourth-order valence-electron chi connectivity index (χ4n) is 2.33. The Morgan fingerprint density at radius 3 is 2.56 bits per heavy atom. The summed E-state index contributed by atoms with van der Waals surface area (Å²) in [5, 5.41) is 6.39. The first kappa shape index (κ1) is 18.4. The van der Waals surface area contributed by atoms with Crippen molar-refractivity contribution in [2.24, 2.45) is 0 Å². The highest BCUT2D eigenvalue weighted by Gasteiger charge is 2.17. The van der Waals surface area contributed by atoms with Gasteiger partial charge in [0.2, 0.25) is 0 Å². The molecule has 0 aliphatic carbocycles. The van der Waals surface area contributed by atoms with Crippen molar-refractivity contribution in [3.8, 4) is 17.0 Å². The number of ketones is 1. The molecule has 7 nitrogen and oxygen atoms in total. The summed E-state index contributed by atoms with van der Waals surface area (Å²) < 4.78 is 10.9. The number of ether oxygens (including phenoxy) is 2. The lowest BCUT2D eigenvalue weighted by molar-refractivity contribution is -0.149. The standard InChI is InChI=1S/C18H20N2O5/c1-11-4-5-15(16-6-7-18(23)20-19-16)17(8-11)24-10-14(9-12(2)21)25-13(3)22/h4-8,14H,9-10H2,1-3H3,(H,20,23). The molecule has 25 heavy (non-hydrogen) atoms. The molecule has 0 saturated carbocycles. The molecule has 2 rings (SSSR count). The van der Waals surface area contributed by atoms with Crippen LogP contribution in [0.3, 0.4) is 0 Å². The van der Waals surface area contributed by atoms with E-state index in [1.807, 2.05) is 25.1 Å². The molecule has 7 heteroatoms. The SMILES string of the molecule is CC(=O)CC(COc1cc(C)ccc1-c1ccc(=O)[nH]n1)OC(C)=O. The summed E-state index contributed by atoms with van der Waals surface area (Å²) in [6.45, 7) is 4.67. The Balaban J connectivity index is 2.23. The van der Waals surface area contributed by atoms with Gasteiger partial charge in [-0.05, 0) is 37.6 Å². The van der Waals surface area contributed by atoms with E-state index in [9.17, 15) is 14.4 Å². The third-order valence-electron chi connectivity index (χ3n) is 3.36. The number of H-pyrrole nitrogens is 1. The Hall–Kier alpha value is -2.96. The van der Waals surface area contributed by atoms with Crippen molar-refractivity contribution in [3.05, 3.63) is 46.2 Å². The average molecular weight is 344 g/mol. The van der Waals surface area contributed by atoms with Crippen LogP contribution in [0.1, 0.15) is 25.8 Å². The van der Waals surface area contributed by atoms with Crippen molar-refractivity contribution in [1.82, 2.24) is 10.2 Å². The van der Waals surface area contributed by atoms with Crippen molar-refractivity contribution in [2.45, 2.75) is 33.3 Å². The van der Waals surface area contributed by atoms with Crippen LogP contribution in [0.5, 0.6) is 5.75 Å². The lowest BCUT2D eigenvalue weighted by Gasteiger charge is -2.18. The van der Waals surface area contributed by atoms with Crippen molar-refractivity contribution in [2.75, 3.05) is 6.61 Å². The van der Waals surface area contributed by atoms with Crippen molar-refractivity contribution in [3.63, 3.8) is 0 Å². The molecule has 0 amide bonds. The minimum Gasteiger partial charge on any atom is -0.489 e. The van der Waals surface area contributed by atoms with Crippen molar-refractivity contribution >= 4 is 11.8 Å². The first-order valence-electron chi connectivity index (χ1n) is 7.81. The van der Waals surface area contributed by atoms with Crippen LogP contribution in [0.15, 0.2) is 35.1 Å². The third kappa shape index (κ3) is 5.56. The predicted octanol–water partition coefficient (Wildman–Crippen LogP) is 2.03. The second kappa shape index (κ2) is 8.23. The molecule has 1 unspecified atom stereocenters. The molecule has 2 aromatic rings. The highest BCUT2D eigenvalue weighted by Crippen LogP contribution is 2.29. The van der Waals surface area contributed by atoms with Gasteiger partial charge in [0.25, 0.3) is 5.56 Å². The average Bonchev–Trinajstić information content (AvgIpc) is 2.53. The van der Waals surface area contributed by atoms with Gasteiger partial charge in [0.15, 0.2) is 0 Å². The molecule has 1 aromatic carbocycles. The Kier molecular flexibility index (Phi) is 6.05. The second-order valence-electron chi connectivity index (χ2n) is 5.75. The largest absolute Gasteiger partial charge is 0.489 e. The van der Waals surface area contributed by atoms with E-state index in [1.54, 1.807) is 6.07 Å². The van der Waals surface area contributed by atoms with E-state index >= 15 is 0 Å². The van der Waals surface area contributed by atoms with Gasteiger partial charge in [-0.2, -0.15) is 5.10 Å². The number of benzene rings is 1. The Labute approximate surface area is 145 Å². The molecular formula is C18H20N2O5. The van der Waals surface area contributed by atoms with E-state index in [0.29, 0.717) is 17.0 Å². The van der Waals surface area contributed by atoms with Gasteiger partial charge in [-0.1, -0.05) is 6.07 Å². The number of carbonyl (C=O) groups is 2. The normalized spacial score (nSPS) is 11.6. The first-order chi connectivity index (χ1) is 11.8. The summed E-state index contributed by atoms with van der Waals surface area (Å²) in [4.78, 5) is 33.7. The van der Waals surface area contributed by atoms with Gasteiger partial charge in [-0.15, -0.1) is 0 Å². The zero-order valence-corrected chi connectivity index (χ0v) is 14.4. The number of rotatable bonds is 7. The predicted molar refractivity (Wildman–Crippen MR) is 91.4 cm³/mol. The Morgan fingerprint density at radius 2 is 1.96 bits per heavy atom. The molecule has 1 aromatic heterocycles. The number of nitrogens with one attached hydrogen (secondary N) is 1. The summed E-state index contributed by atoms with van der Waals surface area (Å²) in [5.74, 6) is -0.0384. The van der Waals surface area contributed by atoms with E-state index < -0.39 is 12.1 Å². The molecule has 0 bridgehead atoms. The minimum absolute atomic E-state index is 0.0406. The van der Waals surface area contributed by atoms with Gasteiger partial charge in [0.1, 0.15) is 24.2 Å². The molecule has 0 spiro atoms. The fourth-order valence-corrected chi connectivity index (χ4v) is 2.33. The van der Waals surface area contributed by atoms with Gasteiger partial charge in [-0.25, -0.2) is 5.10 Å². The van der Waals surface area contributed by atoms with Crippen LogP contribution >= 0.6 is 0 Å². The van der Waals surface area contributed by atoms with E-state index in [4.69, 9.17) is 9.47 Å². The van der Waals surface area contributed by atoms with Gasteiger partial charge in [0.05, 0.1) is 5.69 Å². The highest BCUT2D eigenvalue weighted by molar-refractivity contribution is 5.76. The summed E-state index contributed by atoms with van der Waals surface area (Å²) in [6.07, 6.45) is -0.579. The first-order valence-corrected chi connectivity index (χ1v) is 7.81. The second-order valence-corrected chi connectivity index (χ2v) is 5.75. The van der Waals surface area contributed by atoms with Gasteiger partial charge < -0.3 is 9.47 Å². The lowest BCUT2D eigenvalue weighted by Crippen LogP contribution is -2.26. The molecule has 0 aliphatic rings. The summed E-state index contributed by atoms with van der Waals surface area (Å²) in [5.41, 5.74) is 1.91. The Morgan fingerprint density at radius 1 is 1.20 bits per heavy atom. The lowest BCUT2D eigenvalue weighted by atomic mass is 10.1. The Bertz CT molecular complexity index is 792. The molecule has 0 fully saturated rings. The molecule has 132 valence electrons. The van der Waals surface area contributed by atoms with Crippen molar-refractivity contribution < 1.29 is 19.1 Å². The molecular weight excluding hydrogens is 324 g/mol. The number of esters is 1. The molecule has 0 radical (unpaired) electrons. The van der Waals surface area contributed by atoms with Gasteiger partial charge in [-0.3, -0.25) is 14.4 Å². The third-order valence-corrected chi connectivity index (χ3v) is 3.36. The number of aromatic amines is 1. The number of Topliss-reactive ketones (excluding diaryl/α,β-unsaturated/α-hetero) is 1. The maximum absolute atomic E-state index is 11.3. The number of carbonyl (C=O) groups excluding carboxylic acids is 2. The molecule has 0 aliphatic heterocycles. The number of aromatic nitrogens is 2. The number of aryl methyl sites for hydroxylation is 1. The topological polar surface area (TPSA) is 98.4 Å². The fraction of sp³-hybridized carbons (Fsp3) is 0.333. The molecule has 1 heterocycles. The molecule has 1 atom stereocenters. The van der Waals surface area contributed by atoms with Crippen LogP contribution in [0.2, 0.25) is 0 Å². The maximum Gasteiger partial charge on any atom is 0.303 e. The van der Waals surface area contributed by atoms with Crippen LogP contribution in [0.4, 0.5) is 0 Å². The van der Waals surface area contributed by atoms with Crippen LogP contribution in [-0.4, -0.2) is 34.7 Å². The minimum atomic E-state index is -0.660. The van der Waals surface area contributed by atoms with Crippen LogP contribution in [0.25, 0.3) is 11.3 Å². The quantitative estimate of drug-likeness (QED) is 0.772. The monoisotopic (exact) mass is 344 g/mol.